The van der Waals surface area contributed by atoms with Gasteiger partial charge in [-0.05, 0) is 32.7 Å². The van der Waals surface area contributed by atoms with E-state index in [1.807, 2.05) is 0 Å². The second-order valence-electron chi connectivity index (χ2n) is 6.12. The van der Waals surface area contributed by atoms with E-state index in [1.54, 1.807) is 20.8 Å². The molecule has 126 valence electrons. The van der Waals surface area contributed by atoms with Gasteiger partial charge in [-0.3, -0.25) is 9.69 Å². The maximum absolute atomic E-state index is 12.3. The molecular formula is C14H20N4O5. The van der Waals surface area contributed by atoms with Gasteiger partial charge in [-0.1, -0.05) is 5.11 Å². The predicted octanol–water partition coefficient (Wildman–Crippen LogP) is 2.00. The first kappa shape index (κ1) is 18.5. The summed E-state index contributed by atoms with van der Waals surface area (Å²) in [6.45, 7) is 5.21. The number of Topliss-reactive ketones (excluding diaryl/α,β-unsaturated/α-hetero) is 1. The van der Waals surface area contributed by atoms with Gasteiger partial charge in [-0.2, -0.15) is 0 Å². The van der Waals surface area contributed by atoms with Gasteiger partial charge in [0.1, 0.15) is 5.60 Å². The van der Waals surface area contributed by atoms with Gasteiger partial charge in [-0.25, -0.2) is 9.59 Å². The number of ether oxygens (including phenoxy) is 2. The minimum Gasteiger partial charge on any atom is -0.489 e. The summed E-state index contributed by atoms with van der Waals surface area (Å²) < 4.78 is 10.0. The summed E-state index contributed by atoms with van der Waals surface area (Å²) in [6, 6.07) is -1.36. The quantitative estimate of drug-likeness (QED) is 0.252. The summed E-state index contributed by atoms with van der Waals surface area (Å²) in [4.78, 5) is 39.2. The lowest BCUT2D eigenvalue weighted by Gasteiger charge is -2.27. The molecule has 0 unspecified atom stereocenters. The standard InChI is InChI=1S/C14H20N4O5/c1-14(2,3)23-13(21)18-7-9(16-17-15)5-11(18)12(20)6-10(8-19)22-4/h9,11H,5-7H2,1-4H3/t9-,11-/m0/s1. The molecule has 0 aromatic heterocycles. The molecule has 0 N–H and O–H groups in total. The van der Waals surface area contributed by atoms with Gasteiger partial charge < -0.3 is 9.47 Å². The Labute approximate surface area is 133 Å². The number of ketones is 1. The number of hydrogen-bond donors (Lipinski definition) is 0. The van der Waals surface area contributed by atoms with Crippen LogP contribution in [0.5, 0.6) is 0 Å². The molecule has 1 saturated heterocycles. The Balaban J connectivity index is 2.95. The molecular weight excluding hydrogens is 304 g/mol. The molecule has 23 heavy (non-hydrogen) atoms. The number of amides is 1. The first-order valence-corrected chi connectivity index (χ1v) is 7.06. The predicted molar refractivity (Wildman–Crippen MR) is 80.1 cm³/mol. The fourth-order valence-corrected chi connectivity index (χ4v) is 2.22. The molecule has 0 aliphatic carbocycles. The van der Waals surface area contributed by atoms with Crippen molar-refractivity contribution in [1.82, 2.24) is 4.90 Å². The van der Waals surface area contributed by atoms with Crippen molar-refractivity contribution in [1.29, 1.82) is 0 Å². The van der Waals surface area contributed by atoms with Crippen molar-refractivity contribution in [3.8, 4) is 0 Å². The molecule has 0 radical (unpaired) electrons. The van der Waals surface area contributed by atoms with Gasteiger partial charge in [-0.15, -0.1) is 0 Å². The van der Waals surface area contributed by atoms with E-state index >= 15 is 0 Å². The van der Waals surface area contributed by atoms with Gasteiger partial charge in [0.2, 0.25) is 0 Å². The van der Waals surface area contributed by atoms with Crippen molar-refractivity contribution >= 4 is 17.8 Å². The highest BCUT2D eigenvalue weighted by Gasteiger charge is 2.41. The van der Waals surface area contributed by atoms with Crippen LogP contribution in [0.2, 0.25) is 0 Å². The summed E-state index contributed by atoms with van der Waals surface area (Å²) in [5.41, 5.74) is 7.83. The molecule has 2 atom stereocenters. The Morgan fingerprint density at radius 3 is 2.57 bits per heavy atom. The van der Waals surface area contributed by atoms with Crippen molar-refractivity contribution in [2.45, 2.75) is 51.3 Å². The summed E-state index contributed by atoms with van der Waals surface area (Å²) in [7, 11) is 1.26. The van der Waals surface area contributed by atoms with Crippen molar-refractivity contribution in [2.24, 2.45) is 5.11 Å². The number of azide groups is 1. The first-order chi connectivity index (χ1) is 10.7. The average Bonchev–Trinajstić information content (AvgIpc) is 2.87. The second kappa shape index (κ2) is 7.67. The Kier molecular flexibility index (Phi) is 6.18. The average molecular weight is 324 g/mol. The highest BCUT2D eigenvalue weighted by Crippen LogP contribution is 2.25. The third-order valence-corrected chi connectivity index (χ3v) is 3.19. The van der Waals surface area contributed by atoms with Gasteiger partial charge in [0.25, 0.3) is 0 Å². The lowest BCUT2D eigenvalue weighted by molar-refractivity contribution is -0.123. The molecule has 0 bridgehead atoms. The molecule has 1 heterocycles. The molecule has 0 aromatic carbocycles. The lowest BCUT2D eigenvalue weighted by atomic mass is 10.1. The molecule has 9 heteroatoms. The monoisotopic (exact) mass is 324 g/mol. The van der Waals surface area contributed by atoms with Crippen molar-refractivity contribution in [3.05, 3.63) is 16.2 Å². The Hall–Kier alpha value is -2.50. The highest BCUT2D eigenvalue weighted by atomic mass is 16.6. The smallest absolute Gasteiger partial charge is 0.410 e. The van der Waals surface area contributed by atoms with Crippen molar-refractivity contribution in [2.75, 3.05) is 13.7 Å². The number of allylic oxidation sites excluding steroid dienone is 1. The molecule has 0 spiro atoms. The fraction of sp³-hybridized carbons (Fsp3) is 0.714. The third kappa shape index (κ3) is 5.32. The van der Waals surface area contributed by atoms with Gasteiger partial charge in [0.15, 0.2) is 17.5 Å². The topological polar surface area (TPSA) is 122 Å². The maximum atomic E-state index is 12.3. The van der Waals surface area contributed by atoms with E-state index in [0.717, 1.165) is 0 Å². The van der Waals surface area contributed by atoms with Crippen molar-refractivity contribution in [3.63, 3.8) is 0 Å². The van der Waals surface area contributed by atoms with Crippen LogP contribution in [0.25, 0.3) is 10.4 Å². The van der Waals surface area contributed by atoms with Crippen LogP contribution in [0.3, 0.4) is 0 Å². The summed E-state index contributed by atoms with van der Waals surface area (Å²) in [6.07, 6.45) is -0.772. The van der Waals surface area contributed by atoms with Crippen LogP contribution in [0.4, 0.5) is 4.79 Å². The zero-order valence-corrected chi connectivity index (χ0v) is 13.6. The molecule has 1 amide bonds. The lowest BCUT2D eigenvalue weighted by Crippen LogP contribution is -2.43. The number of carbonyl (C=O) groups excluding carboxylic acids is 3. The molecule has 1 aliphatic heterocycles. The Morgan fingerprint density at radius 1 is 1.43 bits per heavy atom. The number of rotatable bonds is 5. The molecule has 1 aliphatic rings. The molecule has 1 fully saturated rings. The SMILES string of the molecule is COC(=C=O)CC(=O)[C@@H]1C[C@H](N=[N+]=[N-])CN1C(=O)OC(C)(C)C. The number of likely N-dealkylation sites (tertiary alicyclic amines) is 1. The van der Waals surface area contributed by atoms with E-state index in [4.69, 9.17) is 15.0 Å². The van der Waals surface area contributed by atoms with Gasteiger partial charge in [0.05, 0.1) is 25.6 Å². The Bertz CT molecular complexity index is 570. The number of hydrogen-bond acceptors (Lipinski definition) is 6. The van der Waals surface area contributed by atoms with E-state index in [-0.39, 0.29) is 25.1 Å². The largest absolute Gasteiger partial charge is 0.489 e. The minimum absolute atomic E-state index is 0.0858. The summed E-state index contributed by atoms with van der Waals surface area (Å²) in [5.74, 6) is 0.988. The summed E-state index contributed by atoms with van der Waals surface area (Å²) >= 11 is 0. The summed E-state index contributed by atoms with van der Waals surface area (Å²) in [5, 5.41) is 3.57. The molecule has 0 aromatic rings. The van der Waals surface area contributed by atoms with Gasteiger partial charge >= 0.3 is 6.09 Å². The van der Waals surface area contributed by atoms with Gasteiger partial charge in [0, 0.05) is 11.5 Å². The maximum Gasteiger partial charge on any atom is 0.410 e. The molecule has 0 saturated carbocycles. The number of nitrogens with zero attached hydrogens (tertiary/aromatic N) is 4. The Morgan fingerprint density at radius 2 is 2.09 bits per heavy atom. The van der Waals surface area contributed by atoms with E-state index < -0.39 is 29.6 Å². The van der Waals surface area contributed by atoms with Crippen LogP contribution in [0.15, 0.2) is 10.9 Å². The minimum atomic E-state index is -0.834. The molecule has 1 rings (SSSR count). The second-order valence-corrected chi connectivity index (χ2v) is 6.12. The van der Waals surface area contributed by atoms with Crippen LogP contribution in [0, 0.1) is 0 Å². The number of methoxy groups -OCH3 is 1. The van der Waals surface area contributed by atoms with Crippen LogP contribution < -0.4 is 0 Å². The zero-order valence-electron chi connectivity index (χ0n) is 13.6. The van der Waals surface area contributed by atoms with E-state index in [9.17, 15) is 14.4 Å². The fourth-order valence-electron chi connectivity index (χ4n) is 2.22. The van der Waals surface area contributed by atoms with E-state index in [0.29, 0.717) is 0 Å². The third-order valence-electron chi connectivity index (χ3n) is 3.19. The normalized spacial score (nSPS) is 20.3. The molecule has 9 nitrogen and oxygen atoms in total. The van der Waals surface area contributed by atoms with Crippen LogP contribution in [-0.4, -0.2) is 54.1 Å². The van der Waals surface area contributed by atoms with E-state index in [2.05, 4.69) is 10.0 Å². The highest BCUT2D eigenvalue weighted by molar-refractivity contribution is 5.90. The van der Waals surface area contributed by atoms with E-state index in [1.165, 1.54) is 18.0 Å². The number of carbonyl (C=O) groups is 2. The van der Waals surface area contributed by atoms with Crippen LogP contribution in [0.1, 0.15) is 33.6 Å². The van der Waals surface area contributed by atoms with Crippen LogP contribution in [-0.2, 0) is 19.1 Å². The first-order valence-electron chi connectivity index (χ1n) is 7.06. The van der Waals surface area contributed by atoms with Crippen molar-refractivity contribution < 1.29 is 23.9 Å². The zero-order chi connectivity index (χ0) is 17.6. The van der Waals surface area contributed by atoms with Crippen LogP contribution >= 0.6 is 0 Å².